The van der Waals surface area contributed by atoms with Crippen molar-refractivity contribution < 1.29 is 14.3 Å². The van der Waals surface area contributed by atoms with Crippen LogP contribution in [0.5, 0.6) is 5.75 Å². The van der Waals surface area contributed by atoms with Gasteiger partial charge >= 0.3 is 0 Å². The highest BCUT2D eigenvalue weighted by Gasteiger charge is 2.18. The Kier molecular flexibility index (Phi) is 8.72. The number of nitrogens with zero attached hydrogens (tertiary/aromatic N) is 1. The number of amides is 2. The van der Waals surface area contributed by atoms with Crippen LogP contribution in [-0.2, 0) is 9.59 Å². The molecule has 0 bridgehead atoms. The monoisotopic (exact) mass is 369 g/mol. The zero-order valence-electron chi connectivity index (χ0n) is 14.9. The first-order chi connectivity index (χ1) is 11.5. The van der Waals surface area contributed by atoms with Crippen molar-refractivity contribution in [2.45, 2.75) is 39.2 Å². The first-order valence-corrected chi connectivity index (χ1v) is 8.53. The minimum Gasteiger partial charge on any atom is -0.484 e. The van der Waals surface area contributed by atoms with Crippen LogP contribution in [0.3, 0.4) is 0 Å². The highest BCUT2D eigenvalue weighted by Crippen LogP contribution is 2.18. The fourth-order valence-electron chi connectivity index (χ4n) is 2.72. The van der Waals surface area contributed by atoms with Crippen LogP contribution in [0.25, 0.3) is 0 Å². The Bertz CT molecular complexity index is 574. The number of ether oxygens (including phenoxy) is 1. The molecule has 1 fully saturated rings. The van der Waals surface area contributed by atoms with Gasteiger partial charge in [0.15, 0.2) is 6.61 Å². The van der Waals surface area contributed by atoms with Gasteiger partial charge in [0.25, 0.3) is 5.91 Å². The molecule has 1 saturated heterocycles. The third kappa shape index (κ3) is 6.92. The lowest BCUT2D eigenvalue weighted by atomic mass is 10.0. The van der Waals surface area contributed by atoms with Crippen molar-refractivity contribution >= 4 is 29.9 Å². The van der Waals surface area contributed by atoms with E-state index in [1.165, 1.54) is 0 Å². The lowest BCUT2D eigenvalue weighted by Gasteiger charge is -2.16. The van der Waals surface area contributed by atoms with Crippen molar-refractivity contribution in [1.29, 1.82) is 0 Å². The molecular formula is C18H28ClN3O3. The number of halogens is 1. The molecule has 0 unspecified atom stereocenters. The molecule has 3 N–H and O–H groups in total. The zero-order chi connectivity index (χ0) is 17.5. The summed E-state index contributed by atoms with van der Waals surface area (Å²) in [5.41, 5.74) is 6.49. The van der Waals surface area contributed by atoms with Gasteiger partial charge in [-0.05, 0) is 37.3 Å². The van der Waals surface area contributed by atoms with E-state index in [0.717, 1.165) is 25.9 Å². The number of carbonyl (C=O) groups is 2. The highest BCUT2D eigenvalue weighted by atomic mass is 35.5. The predicted molar refractivity (Wildman–Crippen MR) is 101 cm³/mol. The second-order valence-corrected chi connectivity index (χ2v) is 6.63. The van der Waals surface area contributed by atoms with Crippen LogP contribution < -0.4 is 15.8 Å². The van der Waals surface area contributed by atoms with Crippen molar-refractivity contribution in [3.05, 3.63) is 24.3 Å². The summed E-state index contributed by atoms with van der Waals surface area (Å²) < 4.78 is 5.55. The van der Waals surface area contributed by atoms with Crippen molar-refractivity contribution in [2.75, 3.05) is 25.0 Å². The molecule has 0 aromatic heterocycles. The van der Waals surface area contributed by atoms with E-state index >= 15 is 0 Å². The predicted octanol–water partition coefficient (Wildman–Crippen LogP) is 2.42. The maximum atomic E-state index is 12.1. The molecule has 1 aliphatic heterocycles. The SMILES string of the molecule is CC(C)C[C@H](N)C(=O)Nc1cccc(OCC(=O)N2CCCC2)c1.Cl. The molecule has 7 heteroatoms. The van der Waals surface area contributed by atoms with Gasteiger partial charge in [-0.2, -0.15) is 0 Å². The maximum absolute atomic E-state index is 12.1. The lowest BCUT2D eigenvalue weighted by molar-refractivity contribution is -0.132. The highest BCUT2D eigenvalue weighted by molar-refractivity contribution is 5.94. The molecule has 1 aromatic rings. The van der Waals surface area contributed by atoms with Crippen LogP contribution in [0.15, 0.2) is 24.3 Å². The largest absolute Gasteiger partial charge is 0.484 e. The van der Waals surface area contributed by atoms with Gasteiger partial charge in [0, 0.05) is 24.8 Å². The van der Waals surface area contributed by atoms with Crippen LogP contribution in [0.2, 0.25) is 0 Å². The molecule has 0 aliphatic carbocycles. The van der Waals surface area contributed by atoms with Crippen LogP contribution in [-0.4, -0.2) is 42.5 Å². The average molecular weight is 370 g/mol. The fraction of sp³-hybridized carbons (Fsp3) is 0.556. The summed E-state index contributed by atoms with van der Waals surface area (Å²) in [6, 6.07) is 6.48. The molecular weight excluding hydrogens is 342 g/mol. The molecule has 1 aliphatic rings. The molecule has 2 amide bonds. The Morgan fingerprint density at radius 2 is 1.96 bits per heavy atom. The van der Waals surface area contributed by atoms with Crippen LogP contribution >= 0.6 is 12.4 Å². The van der Waals surface area contributed by atoms with Crippen molar-refractivity contribution in [3.8, 4) is 5.75 Å². The smallest absolute Gasteiger partial charge is 0.260 e. The molecule has 1 aromatic carbocycles. The summed E-state index contributed by atoms with van der Waals surface area (Å²) >= 11 is 0. The fourth-order valence-corrected chi connectivity index (χ4v) is 2.72. The van der Waals surface area contributed by atoms with E-state index in [4.69, 9.17) is 10.5 Å². The molecule has 6 nitrogen and oxygen atoms in total. The van der Waals surface area contributed by atoms with Gasteiger partial charge in [-0.1, -0.05) is 19.9 Å². The Morgan fingerprint density at radius 3 is 2.60 bits per heavy atom. The normalized spacial score (nSPS) is 14.8. The van der Waals surface area contributed by atoms with Crippen molar-refractivity contribution in [1.82, 2.24) is 4.90 Å². The first kappa shape index (κ1) is 21.3. The van der Waals surface area contributed by atoms with E-state index < -0.39 is 6.04 Å². The molecule has 0 spiro atoms. The summed E-state index contributed by atoms with van der Waals surface area (Å²) in [6.45, 7) is 5.69. The van der Waals surface area contributed by atoms with E-state index in [1.54, 1.807) is 24.3 Å². The molecule has 1 heterocycles. The number of likely N-dealkylation sites (tertiary alicyclic amines) is 1. The van der Waals surface area contributed by atoms with Crippen LogP contribution in [0.1, 0.15) is 33.1 Å². The number of nitrogens with one attached hydrogen (secondary N) is 1. The first-order valence-electron chi connectivity index (χ1n) is 8.53. The summed E-state index contributed by atoms with van der Waals surface area (Å²) in [5, 5.41) is 2.79. The Morgan fingerprint density at radius 1 is 1.28 bits per heavy atom. The third-order valence-electron chi connectivity index (χ3n) is 3.98. The number of anilines is 1. The lowest BCUT2D eigenvalue weighted by Crippen LogP contribution is -2.36. The van der Waals surface area contributed by atoms with Gasteiger partial charge in [-0.3, -0.25) is 9.59 Å². The molecule has 0 saturated carbocycles. The van der Waals surface area contributed by atoms with Crippen molar-refractivity contribution in [3.63, 3.8) is 0 Å². The maximum Gasteiger partial charge on any atom is 0.260 e. The molecule has 140 valence electrons. The van der Waals surface area contributed by atoms with Crippen LogP contribution in [0, 0.1) is 5.92 Å². The minimum absolute atomic E-state index is 0. The molecule has 1 atom stereocenters. The Hall–Kier alpha value is -1.79. The Balaban J connectivity index is 0.00000312. The van der Waals surface area contributed by atoms with Gasteiger partial charge in [0.2, 0.25) is 5.91 Å². The number of nitrogens with two attached hydrogens (primary N) is 1. The summed E-state index contributed by atoms with van der Waals surface area (Å²) in [6.07, 6.45) is 2.75. The third-order valence-corrected chi connectivity index (χ3v) is 3.98. The minimum atomic E-state index is -0.536. The summed E-state index contributed by atoms with van der Waals surface area (Å²) in [4.78, 5) is 25.9. The van der Waals surface area contributed by atoms with Crippen molar-refractivity contribution in [2.24, 2.45) is 11.7 Å². The number of hydrogen-bond donors (Lipinski definition) is 2. The topological polar surface area (TPSA) is 84.7 Å². The van der Waals surface area contributed by atoms with Crippen LogP contribution in [0.4, 0.5) is 5.69 Å². The zero-order valence-corrected chi connectivity index (χ0v) is 15.7. The number of benzene rings is 1. The summed E-state index contributed by atoms with van der Waals surface area (Å²) in [7, 11) is 0. The van der Waals surface area contributed by atoms with Gasteiger partial charge in [0.05, 0.1) is 6.04 Å². The van der Waals surface area contributed by atoms with E-state index in [9.17, 15) is 9.59 Å². The quantitative estimate of drug-likeness (QED) is 0.773. The Labute approximate surface area is 155 Å². The standard InChI is InChI=1S/C18H27N3O3.ClH/c1-13(2)10-16(19)18(23)20-14-6-5-7-15(11-14)24-12-17(22)21-8-3-4-9-21;/h5-7,11,13,16H,3-4,8-10,12,19H2,1-2H3,(H,20,23);1H/t16-;/m0./s1. The second kappa shape index (κ2) is 10.3. The van der Waals surface area contributed by atoms with Gasteiger partial charge in [0.1, 0.15) is 5.75 Å². The summed E-state index contributed by atoms with van der Waals surface area (Å²) in [5.74, 6) is 0.699. The van der Waals surface area contributed by atoms with E-state index in [-0.39, 0.29) is 30.8 Å². The number of carbonyl (C=O) groups excluding carboxylic acids is 2. The number of hydrogen-bond acceptors (Lipinski definition) is 4. The average Bonchev–Trinajstić information content (AvgIpc) is 3.07. The second-order valence-electron chi connectivity index (χ2n) is 6.63. The van der Waals surface area contributed by atoms with Gasteiger partial charge < -0.3 is 20.7 Å². The molecule has 0 radical (unpaired) electrons. The molecule has 2 rings (SSSR count). The van der Waals surface area contributed by atoms with E-state index in [0.29, 0.717) is 23.8 Å². The van der Waals surface area contributed by atoms with Gasteiger partial charge in [-0.25, -0.2) is 0 Å². The van der Waals surface area contributed by atoms with E-state index in [2.05, 4.69) is 5.32 Å². The van der Waals surface area contributed by atoms with E-state index in [1.807, 2.05) is 18.7 Å². The van der Waals surface area contributed by atoms with Gasteiger partial charge in [-0.15, -0.1) is 12.4 Å². The number of rotatable bonds is 7. The molecule has 25 heavy (non-hydrogen) atoms.